The molecule has 1 aliphatic rings. The number of ether oxygens (including phenoxy) is 2. The van der Waals surface area contributed by atoms with Crippen LogP contribution in [0, 0.1) is 6.92 Å². The van der Waals surface area contributed by atoms with Crippen LogP contribution in [-0.4, -0.2) is 34.6 Å². The lowest BCUT2D eigenvalue weighted by molar-refractivity contribution is -0.274. The number of thioether (sulfide) groups is 1. The molecule has 0 saturated carbocycles. The molecule has 0 saturated heterocycles. The van der Waals surface area contributed by atoms with Gasteiger partial charge in [-0.1, -0.05) is 12.1 Å². The number of alkyl halides is 3. The molecule has 2 aromatic carbocycles. The molecule has 3 rings (SSSR count). The van der Waals surface area contributed by atoms with E-state index in [4.69, 9.17) is 4.74 Å². The molecule has 172 valence electrons. The Morgan fingerprint density at radius 3 is 2.47 bits per heavy atom. The predicted molar refractivity (Wildman–Crippen MR) is 118 cm³/mol. The summed E-state index contributed by atoms with van der Waals surface area (Å²) >= 11 is 2.91. The van der Waals surface area contributed by atoms with Gasteiger partial charge in [0, 0.05) is 4.90 Å². The van der Waals surface area contributed by atoms with E-state index in [2.05, 4.69) is 14.5 Å². The van der Waals surface area contributed by atoms with Gasteiger partial charge in [-0.15, -0.1) is 24.9 Å². The van der Waals surface area contributed by atoms with E-state index in [1.54, 1.807) is 30.0 Å². The van der Waals surface area contributed by atoms with E-state index in [0.717, 1.165) is 21.9 Å². The lowest BCUT2D eigenvalue weighted by atomic mass is 10.1. The van der Waals surface area contributed by atoms with Crippen molar-refractivity contribution < 1.29 is 32.5 Å². The predicted octanol–water partition coefficient (Wildman–Crippen LogP) is 5.58. The molecule has 1 atom stereocenters. The molecule has 0 amide bonds. The van der Waals surface area contributed by atoms with Crippen molar-refractivity contribution in [1.29, 1.82) is 0 Å². The van der Waals surface area contributed by atoms with E-state index in [0.29, 0.717) is 11.5 Å². The number of aliphatic carboxylic acids is 1. The smallest absolute Gasteiger partial charge is 0.478 e. The highest BCUT2D eigenvalue weighted by molar-refractivity contribution is 8.01. The van der Waals surface area contributed by atoms with Crippen LogP contribution in [0.1, 0.15) is 30.3 Å². The van der Waals surface area contributed by atoms with Gasteiger partial charge in [-0.3, -0.25) is 4.99 Å². The van der Waals surface area contributed by atoms with Crippen LogP contribution >= 0.6 is 23.7 Å². The summed E-state index contributed by atoms with van der Waals surface area (Å²) < 4.78 is 49.5. The number of nitrogens with one attached hydrogen (secondary N) is 1. The summed E-state index contributed by atoms with van der Waals surface area (Å²) in [5, 5.41) is 8.95. The summed E-state index contributed by atoms with van der Waals surface area (Å²) in [5.74, 6) is 0.512. The summed E-state index contributed by atoms with van der Waals surface area (Å²) in [4.78, 5) is 16.8. The number of amidine groups is 1. The van der Waals surface area contributed by atoms with Crippen LogP contribution in [0.2, 0.25) is 0 Å². The quantitative estimate of drug-likeness (QED) is 0.373. The maximum atomic E-state index is 12.3. The molecule has 0 spiro atoms. The van der Waals surface area contributed by atoms with Crippen molar-refractivity contribution in [2.75, 3.05) is 5.75 Å². The third-order valence-electron chi connectivity index (χ3n) is 4.36. The minimum Gasteiger partial charge on any atom is -0.478 e. The summed E-state index contributed by atoms with van der Waals surface area (Å²) in [5.41, 5.74) is 0.250. The molecule has 6 nitrogen and oxygen atoms in total. The number of aliphatic imine (C=N–C) groups is 1. The lowest BCUT2D eigenvalue weighted by Gasteiger charge is -2.23. The van der Waals surface area contributed by atoms with Crippen LogP contribution in [0.15, 0.2) is 52.4 Å². The highest BCUT2D eigenvalue weighted by Gasteiger charge is 2.31. The zero-order valence-corrected chi connectivity index (χ0v) is 19.0. The minimum absolute atomic E-state index is 0.263. The zero-order chi connectivity index (χ0) is 23.5. The van der Waals surface area contributed by atoms with Crippen LogP contribution in [0.3, 0.4) is 0 Å². The van der Waals surface area contributed by atoms with Gasteiger partial charge in [0.2, 0.25) is 0 Å². The van der Waals surface area contributed by atoms with Gasteiger partial charge < -0.3 is 19.3 Å². The van der Waals surface area contributed by atoms with Crippen molar-refractivity contribution in [2.24, 2.45) is 4.99 Å². The Hall–Kier alpha value is -2.53. The zero-order valence-electron chi connectivity index (χ0n) is 17.4. The number of hydrogen-bond acceptors (Lipinski definition) is 7. The van der Waals surface area contributed by atoms with Gasteiger partial charge in [-0.2, -0.15) is 0 Å². The van der Waals surface area contributed by atoms with Crippen LogP contribution in [0.5, 0.6) is 11.5 Å². The summed E-state index contributed by atoms with van der Waals surface area (Å²) in [6.07, 6.45) is -4.72. The molecule has 0 fully saturated rings. The molecule has 1 aliphatic heterocycles. The largest absolute Gasteiger partial charge is 0.573 e. The fraction of sp³-hybridized carbons (Fsp3) is 0.333. The van der Waals surface area contributed by atoms with Gasteiger partial charge in [-0.25, -0.2) is 4.79 Å². The highest BCUT2D eigenvalue weighted by atomic mass is 32.2. The Morgan fingerprint density at radius 2 is 1.88 bits per heavy atom. The summed E-state index contributed by atoms with van der Waals surface area (Å²) in [7, 11) is 0. The Labute approximate surface area is 191 Å². The molecular weight excluding hydrogens is 465 g/mol. The first kappa shape index (κ1) is 24.1. The Morgan fingerprint density at radius 1 is 1.19 bits per heavy atom. The monoisotopic (exact) mass is 486 g/mol. The Balaban J connectivity index is 1.58. The number of rotatable bonds is 8. The van der Waals surface area contributed by atoms with Crippen LogP contribution < -0.4 is 14.2 Å². The first-order valence-corrected chi connectivity index (χ1v) is 11.3. The number of hydrogen-bond donors (Lipinski definition) is 2. The van der Waals surface area contributed by atoms with E-state index in [1.807, 2.05) is 19.1 Å². The van der Waals surface area contributed by atoms with Gasteiger partial charge >= 0.3 is 12.3 Å². The Kier molecular flexibility index (Phi) is 7.19. The topological polar surface area (TPSA) is 80.1 Å². The SMILES string of the molecule is Cc1cc(SCC2=NC(c3ccc(OC(F)(F)F)cc3)SN2)ccc1OC(C)(C)C(=O)O. The fourth-order valence-electron chi connectivity index (χ4n) is 2.66. The second-order valence-electron chi connectivity index (χ2n) is 7.40. The van der Waals surface area contributed by atoms with Crippen molar-refractivity contribution in [1.82, 2.24) is 4.72 Å². The Bertz CT molecular complexity index is 1010. The van der Waals surface area contributed by atoms with Crippen molar-refractivity contribution in [2.45, 2.75) is 43.0 Å². The van der Waals surface area contributed by atoms with Gasteiger partial charge in [0.25, 0.3) is 0 Å². The maximum absolute atomic E-state index is 12.3. The molecule has 1 unspecified atom stereocenters. The number of benzene rings is 2. The maximum Gasteiger partial charge on any atom is 0.573 e. The van der Waals surface area contributed by atoms with Gasteiger partial charge in [0.15, 0.2) is 5.60 Å². The molecule has 0 bridgehead atoms. The molecule has 2 N–H and O–H groups in total. The van der Waals surface area contributed by atoms with Crippen LogP contribution in [0.25, 0.3) is 0 Å². The molecule has 32 heavy (non-hydrogen) atoms. The first-order valence-electron chi connectivity index (χ1n) is 9.43. The van der Waals surface area contributed by atoms with Crippen molar-refractivity contribution in [3.63, 3.8) is 0 Å². The number of aryl methyl sites for hydroxylation is 1. The second kappa shape index (κ2) is 9.53. The van der Waals surface area contributed by atoms with Crippen molar-refractivity contribution >= 4 is 35.5 Å². The molecule has 11 heteroatoms. The number of carbonyl (C=O) groups is 1. The number of nitrogens with zero attached hydrogens (tertiary/aromatic N) is 1. The second-order valence-corrected chi connectivity index (χ2v) is 9.33. The standard InChI is InChI=1S/C21H21F3N2O4S2/c1-12-10-15(8-9-16(12)30-20(2,3)19(27)28)31-11-17-25-18(32-26-17)13-4-6-14(7-5-13)29-21(22,23)24/h4-10,18H,11H2,1-3H3,(H,25,26)(H,27,28). The average Bonchev–Trinajstić information content (AvgIpc) is 3.16. The summed E-state index contributed by atoms with van der Waals surface area (Å²) in [6, 6.07) is 11.2. The van der Waals surface area contributed by atoms with Gasteiger partial charge in [-0.05, 0) is 74.2 Å². The highest BCUT2D eigenvalue weighted by Crippen LogP contribution is 2.35. The normalized spacial score (nSPS) is 16.3. The average molecular weight is 487 g/mol. The molecule has 0 aliphatic carbocycles. The molecular formula is C21H21F3N2O4S2. The van der Waals surface area contributed by atoms with Crippen molar-refractivity contribution in [3.8, 4) is 11.5 Å². The van der Waals surface area contributed by atoms with Gasteiger partial charge in [0.05, 0.1) is 5.75 Å². The van der Waals surface area contributed by atoms with Gasteiger partial charge in [0.1, 0.15) is 22.7 Å². The number of carboxylic acids is 1. The van der Waals surface area contributed by atoms with E-state index in [-0.39, 0.29) is 11.1 Å². The minimum atomic E-state index is -4.72. The molecule has 0 radical (unpaired) electrons. The van der Waals surface area contributed by atoms with Crippen LogP contribution in [0.4, 0.5) is 13.2 Å². The van der Waals surface area contributed by atoms with E-state index in [9.17, 15) is 23.1 Å². The van der Waals surface area contributed by atoms with E-state index >= 15 is 0 Å². The fourth-order valence-corrected chi connectivity index (χ4v) is 4.47. The van der Waals surface area contributed by atoms with Crippen molar-refractivity contribution in [3.05, 3.63) is 53.6 Å². The van der Waals surface area contributed by atoms with E-state index < -0.39 is 17.9 Å². The first-order chi connectivity index (χ1) is 14.9. The molecule has 1 heterocycles. The number of halogens is 3. The third kappa shape index (κ3) is 6.49. The molecule has 2 aromatic rings. The molecule has 0 aromatic heterocycles. The van der Waals surface area contributed by atoms with E-state index in [1.165, 1.54) is 37.9 Å². The number of carboxylic acid groups (broad SMARTS) is 1. The lowest BCUT2D eigenvalue weighted by Crippen LogP contribution is -2.38. The summed E-state index contributed by atoms with van der Waals surface area (Å²) in [6.45, 7) is 4.83. The van der Waals surface area contributed by atoms with Crippen LogP contribution in [-0.2, 0) is 4.79 Å². The third-order valence-corrected chi connectivity index (χ3v) is 6.32.